The van der Waals surface area contributed by atoms with Gasteiger partial charge in [-0.1, -0.05) is 0 Å². The monoisotopic (exact) mass is 428 g/mol. The number of fused-ring (bicyclic) bond motifs is 1. The van der Waals surface area contributed by atoms with E-state index < -0.39 is 11.7 Å². The van der Waals surface area contributed by atoms with Gasteiger partial charge in [0.15, 0.2) is 11.6 Å². The molecule has 0 amide bonds. The molecule has 1 unspecified atom stereocenters. The number of hydrogen-bond donors (Lipinski definition) is 1. The molecule has 3 aromatic heterocycles. The van der Waals surface area contributed by atoms with Crippen molar-refractivity contribution in [2.45, 2.75) is 38.2 Å². The standard InChI is InChI=1S/C21H26F2N8/c1-21(22,23)20-25-7-5-18(27-20)31-16-11-17(24-2)26-12-15(16)19(28-31)30-10-6-14(13-30)29-8-3-4-9-29/h5,7,11-12,14H,3-4,6,8-10,13H2,1-2H3,(H,24,26). The summed E-state index contributed by atoms with van der Waals surface area (Å²) in [4.78, 5) is 17.2. The summed E-state index contributed by atoms with van der Waals surface area (Å²) in [5.74, 6) is -1.85. The first-order chi connectivity index (χ1) is 14.9. The van der Waals surface area contributed by atoms with Crippen LogP contribution in [0.2, 0.25) is 0 Å². The molecule has 10 heteroatoms. The molecule has 0 aromatic carbocycles. The minimum absolute atomic E-state index is 0.311. The predicted molar refractivity (Wildman–Crippen MR) is 115 cm³/mol. The van der Waals surface area contributed by atoms with Crippen LogP contribution in [0.1, 0.15) is 32.0 Å². The SMILES string of the molecule is CNc1cc2c(cn1)c(N1CCC(N3CCCC3)C1)nn2-c1ccnc(C(C)(F)F)n1. The van der Waals surface area contributed by atoms with Gasteiger partial charge in [0.2, 0.25) is 5.82 Å². The molecule has 2 aliphatic heterocycles. The van der Waals surface area contributed by atoms with Crippen LogP contribution in [0.3, 0.4) is 0 Å². The van der Waals surface area contributed by atoms with Gasteiger partial charge in [0.05, 0.1) is 10.9 Å². The van der Waals surface area contributed by atoms with E-state index in [4.69, 9.17) is 5.10 Å². The summed E-state index contributed by atoms with van der Waals surface area (Å²) in [5.41, 5.74) is 0.767. The van der Waals surface area contributed by atoms with Crippen molar-refractivity contribution in [3.8, 4) is 5.82 Å². The van der Waals surface area contributed by atoms with E-state index in [2.05, 4.69) is 30.1 Å². The van der Waals surface area contributed by atoms with Crippen LogP contribution in [0.25, 0.3) is 16.7 Å². The van der Waals surface area contributed by atoms with Gasteiger partial charge < -0.3 is 10.2 Å². The third-order valence-corrected chi connectivity index (χ3v) is 6.17. The Morgan fingerprint density at radius 1 is 1.16 bits per heavy atom. The van der Waals surface area contributed by atoms with Gasteiger partial charge in [-0.05, 0) is 32.4 Å². The molecule has 8 nitrogen and oxygen atoms in total. The van der Waals surface area contributed by atoms with Crippen molar-refractivity contribution in [3.63, 3.8) is 0 Å². The zero-order valence-corrected chi connectivity index (χ0v) is 17.7. The van der Waals surface area contributed by atoms with Crippen LogP contribution in [0.15, 0.2) is 24.5 Å². The van der Waals surface area contributed by atoms with E-state index in [1.165, 1.54) is 19.0 Å². The highest BCUT2D eigenvalue weighted by molar-refractivity contribution is 5.92. The first-order valence-corrected chi connectivity index (χ1v) is 10.7. The van der Waals surface area contributed by atoms with Gasteiger partial charge >= 0.3 is 5.92 Å². The maximum absolute atomic E-state index is 13.8. The Balaban J connectivity index is 1.56. The van der Waals surface area contributed by atoms with Gasteiger partial charge in [-0.15, -0.1) is 5.10 Å². The first kappa shape index (κ1) is 20.0. The van der Waals surface area contributed by atoms with Gasteiger partial charge in [0, 0.05) is 57.6 Å². The number of nitrogens with one attached hydrogen (secondary N) is 1. The van der Waals surface area contributed by atoms with Crippen LogP contribution in [0, 0.1) is 0 Å². The number of likely N-dealkylation sites (tertiary alicyclic amines) is 1. The molecular formula is C21H26F2N8. The summed E-state index contributed by atoms with van der Waals surface area (Å²) in [6.07, 6.45) is 6.77. The molecule has 2 aliphatic rings. The molecule has 31 heavy (non-hydrogen) atoms. The number of alkyl halides is 2. The van der Waals surface area contributed by atoms with E-state index in [9.17, 15) is 8.78 Å². The molecule has 0 radical (unpaired) electrons. The number of halogens is 2. The molecule has 2 fully saturated rings. The predicted octanol–water partition coefficient (Wildman–Crippen LogP) is 3.04. The van der Waals surface area contributed by atoms with E-state index in [-0.39, 0.29) is 0 Å². The van der Waals surface area contributed by atoms with Crippen LogP contribution in [-0.2, 0) is 5.92 Å². The van der Waals surface area contributed by atoms with Crippen LogP contribution in [-0.4, -0.2) is 68.9 Å². The number of rotatable bonds is 5. The van der Waals surface area contributed by atoms with Crippen molar-refractivity contribution in [2.24, 2.45) is 0 Å². The Hall–Kier alpha value is -2.88. The lowest BCUT2D eigenvalue weighted by atomic mass is 10.2. The number of hydrogen-bond acceptors (Lipinski definition) is 7. The van der Waals surface area contributed by atoms with Crippen LogP contribution in [0.5, 0.6) is 0 Å². The van der Waals surface area contributed by atoms with Crippen molar-refractivity contribution in [1.82, 2.24) is 29.6 Å². The highest BCUT2D eigenvalue weighted by Crippen LogP contribution is 2.33. The summed E-state index contributed by atoms with van der Waals surface area (Å²) in [6.45, 7) is 4.93. The van der Waals surface area contributed by atoms with Crippen molar-refractivity contribution < 1.29 is 8.78 Å². The van der Waals surface area contributed by atoms with E-state index in [0.717, 1.165) is 56.2 Å². The van der Waals surface area contributed by atoms with Crippen molar-refractivity contribution in [1.29, 1.82) is 0 Å². The van der Waals surface area contributed by atoms with Crippen molar-refractivity contribution in [2.75, 3.05) is 43.4 Å². The Morgan fingerprint density at radius 2 is 1.97 bits per heavy atom. The van der Waals surface area contributed by atoms with E-state index in [0.29, 0.717) is 17.7 Å². The normalized spacial score (nSPS) is 20.1. The van der Waals surface area contributed by atoms with E-state index in [1.54, 1.807) is 24.0 Å². The third-order valence-electron chi connectivity index (χ3n) is 6.17. The fourth-order valence-corrected chi connectivity index (χ4v) is 4.56. The number of aromatic nitrogens is 5. The molecule has 5 rings (SSSR count). The zero-order chi connectivity index (χ0) is 21.6. The summed E-state index contributed by atoms with van der Waals surface area (Å²) in [6, 6.07) is 3.99. The maximum atomic E-state index is 13.8. The van der Waals surface area contributed by atoms with E-state index in [1.807, 2.05) is 6.07 Å². The fraction of sp³-hybridized carbons (Fsp3) is 0.524. The Morgan fingerprint density at radius 3 is 2.71 bits per heavy atom. The van der Waals surface area contributed by atoms with Gasteiger partial charge in [-0.3, -0.25) is 4.90 Å². The Labute approximate surface area is 179 Å². The van der Waals surface area contributed by atoms with Crippen LogP contribution < -0.4 is 10.2 Å². The molecule has 0 aliphatic carbocycles. The molecule has 0 spiro atoms. The lowest BCUT2D eigenvalue weighted by molar-refractivity contribution is 0.00763. The molecule has 2 saturated heterocycles. The fourth-order valence-electron chi connectivity index (χ4n) is 4.56. The average Bonchev–Trinajstić information content (AvgIpc) is 3.51. The molecule has 5 heterocycles. The topological polar surface area (TPSA) is 75.0 Å². The Kier molecular flexibility index (Phi) is 4.96. The van der Waals surface area contributed by atoms with Gasteiger partial charge in [-0.2, -0.15) is 8.78 Å². The molecule has 164 valence electrons. The largest absolute Gasteiger partial charge is 0.373 e. The molecular weight excluding hydrogens is 402 g/mol. The highest BCUT2D eigenvalue weighted by atomic mass is 19.3. The number of nitrogens with zero attached hydrogens (tertiary/aromatic N) is 7. The zero-order valence-electron chi connectivity index (χ0n) is 17.7. The van der Waals surface area contributed by atoms with Crippen molar-refractivity contribution in [3.05, 3.63) is 30.4 Å². The Bertz CT molecular complexity index is 1090. The average molecular weight is 428 g/mol. The third kappa shape index (κ3) is 3.69. The second-order valence-corrected chi connectivity index (χ2v) is 8.33. The first-order valence-electron chi connectivity index (χ1n) is 10.7. The number of pyridine rings is 1. The van der Waals surface area contributed by atoms with Crippen molar-refractivity contribution >= 4 is 22.5 Å². The van der Waals surface area contributed by atoms with Crippen LogP contribution in [0.4, 0.5) is 20.4 Å². The quantitative estimate of drug-likeness (QED) is 0.670. The number of anilines is 2. The molecule has 0 saturated carbocycles. The molecule has 1 N–H and O–H groups in total. The second kappa shape index (κ2) is 7.67. The van der Waals surface area contributed by atoms with Gasteiger partial charge in [0.25, 0.3) is 0 Å². The second-order valence-electron chi connectivity index (χ2n) is 8.33. The summed E-state index contributed by atoms with van der Waals surface area (Å²) in [5, 5.41) is 8.73. The van der Waals surface area contributed by atoms with Gasteiger partial charge in [-0.25, -0.2) is 19.6 Å². The maximum Gasteiger partial charge on any atom is 0.303 e. The molecule has 1 atom stereocenters. The lowest BCUT2D eigenvalue weighted by Gasteiger charge is -2.23. The summed E-state index contributed by atoms with van der Waals surface area (Å²) < 4.78 is 29.3. The molecule has 0 bridgehead atoms. The molecule has 3 aromatic rings. The van der Waals surface area contributed by atoms with E-state index >= 15 is 0 Å². The van der Waals surface area contributed by atoms with Gasteiger partial charge in [0.1, 0.15) is 5.82 Å². The summed E-state index contributed by atoms with van der Waals surface area (Å²) in [7, 11) is 1.79. The minimum atomic E-state index is -3.13. The minimum Gasteiger partial charge on any atom is -0.373 e. The van der Waals surface area contributed by atoms with Crippen LogP contribution >= 0.6 is 0 Å². The summed E-state index contributed by atoms with van der Waals surface area (Å²) >= 11 is 0. The highest BCUT2D eigenvalue weighted by Gasteiger charge is 2.32. The smallest absolute Gasteiger partial charge is 0.303 e. The lowest BCUT2D eigenvalue weighted by Crippen LogP contribution is -2.35.